The molecule has 0 spiro atoms. The molecule has 2 aromatic rings. The summed E-state index contributed by atoms with van der Waals surface area (Å²) in [6.45, 7) is 4.31. The second-order valence-corrected chi connectivity index (χ2v) is 6.60. The summed E-state index contributed by atoms with van der Waals surface area (Å²) in [6.07, 6.45) is 7.73. The van der Waals surface area contributed by atoms with Crippen molar-refractivity contribution >= 4 is 17.9 Å². The van der Waals surface area contributed by atoms with Crippen molar-refractivity contribution in [3.05, 3.63) is 53.7 Å². The van der Waals surface area contributed by atoms with Gasteiger partial charge >= 0.3 is 6.03 Å². The second kappa shape index (κ2) is 9.71. The first-order valence-electron chi connectivity index (χ1n) is 9.50. The highest BCUT2D eigenvalue weighted by Gasteiger charge is 2.19. The van der Waals surface area contributed by atoms with Gasteiger partial charge in [-0.3, -0.25) is 5.32 Å². The van der Waals surface area contributed by atoms with E-state index in [1.165, 1.54) is 5.57 Å². The highest BCUT2D eigenvalue weighted by Crippen LogP contribution is 2.22. The number of aromatic nitrogens is 2. The van der Waals surface area contributed by atoms with Gasteiger partial charge in [0.25, 0.3) is 0 Å². The highest BCUT2D eigenvalue weighted by atomic mass is 16.5. The molecule has 6 nitrogen and oxygen atoms in total. The van der Waals surface area contributed by atoms with Gasteiger partial charge in [-0.1, -0.05) is 37.1 Å². The number of unbranched alkanes of at least 4 members (excludes halogenated alkanes) is 1. The Labute approximate surface area is 160 Å². The highest BCUT2D eigenvalue weighted by molar-refractivity contribution is 5.88. The lowest BCUT2D eigenvalue weighted by atomic mass is 10.0. The summed E-state index contributed by atoms with van der Waals surface area (Å²) in [7, 11) is 0. The second-order valence-electron chi connectivity index (χ2n) is 6.60. The number of piperidine rings is 1. The maximum atomic E-state index is 12.3. The first kappa shape index (κ1) is 18.9. The molecule has 0 atom stereocenters. The first-order chi connectivity index (χ1) is 13.2. The van der Waals surface area contributed by atoms with Crippen molar-refractivity contribution in [3.8, 4) is 5.75 Å². The van der Waals surface area contributed by atoms with Crippen LogP contribution in [0, 0.1) is 0 Å². The number of carbonyl (C=O) groups is 1. The zero-order valence-corrected chi connectivity index (χ0v) is 15.7. The van der Waals surface area contributed by atoms with Gasteiger partial charge in [0.1, 0.15) is 5.75 Å². The zero-order chi connectivity index (χ0) is 18.9. The maximum Gasteiger partial charge on any atom is 0.323 e. The SMILES string of the molecule is CCCCOc1cccc(C=C2CCN(C(=O)Nc3cccnn3)CC2)c1. The van der Waals surface area contributed by atoms with E-state index in [0.717, 1.165) is 43.6 Å². The predicted molar refractivity (Wildman–Crippen MR) is 107 cm³/mol. The van der Waals surface area contributed by atoms with E-state index in [-0.39, 0.29) is 6.03 Å². The fraction of sp³-hybridized carbons (Fsp3) is 0.381. The number of carbonyl (C=O) groups excluding carboxylic acids is 1. The Kier molecular flexibility index (Phi) is 6.79. The van der Waals surface area contributed by atoms with Gasteiger partial charge in [0, 0.05) is 19.3 Å². The van der Waals surface area contributed by atoms with Gasteiger partial charge in [-0.15, -0.1) is 5.10 Å². The van der Waals surface area contributed by atoms with Gasteiger partial charge in [-0.2, -0.15) is 5.10 Å². The molecule has 1 fully saturated rings. The minimum absolute atomic E-state index is 0.124. The van der Waals surface area contributed by atoms with Crippen molar-refractivity contribution in [2.24, 2.45) is 0 Å². The van der Waals surface area contributed by atoms with Crippen LogP contribution in [0.15, 0.2) is 48.2 Å². The number of likely N-dealkylation sites (tertiary alicyclic amines) is 1. The molecule has 0 unspecified atom stereocenters. The Morgan fingerprint density at radius 1 is 1.26 bits per heavy atom. The molecule has 0 aliphatic carbocycles. The molecule has 27 heavy (non-hydrogen) atoms. The van der Waals surface area contributed by atoms with Crippen LogP contribution in [0.5, 0.6) is 5.75 Å². The lowest BCUT2D eigenvalue weighted by Gasteiger charge is -2.28. The standard InChI is InChI=1S/C21H26N4O2/c1-2-3-14-27-19-7-4-6-18(16-19)15-17-9-12-25(13-10-17)21(26)23-20-8-5-11-22-24-20/h4-8,11,15-16H,2-3,9-10,12-14H2,1H3,(H,23,24,26). The Morgan fingerprint density at radius 2 is 2.11 bits per heavy atom. The molecule has 0 saturated carbocycles. The van der Waals surface area contributed by atoms with Crippen molar-refractivity contribution in [3.63, 3.8) is 0 Å². The summed E-state index contributed by atoms with van der Waals surface area (Å²) in [5.41, 5.74) is 2.50. The van der Waals surface area contributed by atoms with Crippen LogP contribution in [0.4, 0.5) is 10.6 Å². The van der Waals surface area contributed by atoms with E-state index in [4.69, 9.17) is 4.74 Å². The summed E-state index contributed by atoms with van der Waals surface area (Å²) in [5, 5.41) is 10.4. The van der Waals surface area contributed by atoms with Crippen molar-refractivity contribution in [2.75, 3.05) is 25.0 Å². The van der Waals surface area contributed by atoms with Gasteiger partial charge in [0.15, 0.2) is 5.82 Å². The third-order valence-electron chi connectivity index (χ3n) is 4.50. The van der Waals surface area contributed by atoms with Crippen LogP contribution in [0.2, 0.25) is 0 Å². The summed E-state index contributed by atoms with van der Waals surface area (Å²) >= 11 is 0. The van der Waals surface area contributed by atoms with Crippen molar-refractivity contribution in [1.82, 2.24) is 15.1 Å². The largest absolute Gasteiger partial charge is 0.494 e. The number of nitrogens with zero attached hydrogens (tertiary/aromatic N) is 3. The summed E-state index contributed by atoms with van der Waals surface area (Å²) in [6, 6.07) is 11.5. The number of benzene rings is 1. The van der Waals surface area contributed by atoms with E-state index in [1.807, 2.05) is 17.0 Å². The smallest absolute Gasteiger partial charge is 0.323 e. The lowest BCUT2D eigenvalue weighted by molar-refractivity contribution is 0.207. The van der Waals surface area contributed by atoms with Crippen LogP contribution in [0.1, 0.15) is 38.2 Å². The quantitative estimate of drug-likeness (QED) is 0.771. The number of hydrogen-bond donors (Lipinski definition) is 1. The molecule has 2 amide bonds. The normalized spacial score (nSPS) is 14.0. The number of rotatable bonds is 6. The molecule has 3 rings (SSSR count). The van der Waals surface area contributed by atoms with E-state index in [1.54, 1.807) is 18.3 Å². The molecule has 1 aromatic heterocycles. The van der Waals surface area contributed by atoms with Crippen LogP contribution < -0.4 is 10.1 Å². The number of anilines is 1. The van der Waals surface area contributed by atoms with E-state index >= 15 is 0 Å². The average molecular weight is 366 g/mol. The molecule has 1 aliphatic heterocycles. The summed E-state index contributed by atoms with van der Waals surface area (Å²) < 4.78 is 5.78. The Hall–Kier alpha value is -2.89. The maximum absolute atomic E-state index is 12.3. The van der Waals surface area contributed by atoms with E-state index in [9.17, 15) is 4.79 Å². The monoisotopic (exact) mass is 366 g/mol. The Morgan fingerprint density at radius 3 is 2.85 bits per heavy atom. The van der Waals surface area contributed by atoms with Crippen LogP contribution in [-0.2, 0) is 0 Å². The first-order valence-corrected chi connectivity index (χ1v) is 9.50. The minimum Gasteiger partial charge on any atom is -0.494 e. The molecule has 2 heterocycles. The zero-order valence-electron chi connectivity index (χ0n) is 15.7. The molecular formula is C21H26N4O2. The number of ether oxygens (including phenoxy) is 1. The van der Waals surface area contributed by atoms with Crippen LogP contribution in [-0.4, -0.2) is 40.8 Å². The van der Waals surface area contributed by atoms with Crippen molar-refractivity contribution in [1.29, 1.82) is 0 Å². The van der Waals surface area contributed by atoms with Crippen LogP contribution >= 0.6 is 0 Å². The molecule has 0 bridgehead atoms. The number of urea groups is 1. The fourth-order valence-corrected chi connectivity index (χ4v) is 2.96. The van der Waals surface area contributed by atoms with Gasteiger partial charge in [-0.25, -0.2) is 4.79 Å². The minimum atomic E-state index is -0.124. The fourth-order valence-electron chi connectivity index (χ4n) is 2.96. The van der Waals surface area contributed by atoms with E-state index in [2.05, 4.69) is 40.6 Å². The number of hydrogen-bond acceptors (Lipinski definition) is 4. The molecular weight excluding hydrogens is 340 g/mol. The third kappa shape index (κ3) is 5.81. The van der Waals surface area contributed by atoms with Gasteiger partial charge in [0.2, 0.25) is 0 Å². The van der Waals surface area contributed by atoms with Crippen molar-refractivity contribution in [2.45, 2.75) is 32.6 Å². The van der Waals surface area contributed by atoms with E-state index in [0.29, 0.717) is 18.9 Å². The van der Waals surface area contributed by atoms with Crippen LogP contribution in [0.25, 0.3) is 6.08 Å². The molecule has 6 heteroatoms. The Balaban J connectivity index is 1.52. The van der Waals surface area contributed by atoms with Gasteiger partial charge in [-0.05, 0) is 49.1 Å². The molecule has 142 valence electrons. The van der Waals surface area contributed by atoms with Gasteiger partial charge < -0.3 is 9.64 Å². The average Bonchev–Trinajstić information content (AvgIpc) is 2.70. The molecule has 0 radical (unpaired) electrons. The lowest BCUT2D eigenvalue weighted by Crippen LogP contribution is -2.39. The van der Waals surface area contributed by atoms with Crippen molar-refractivity contribution < 1.29 is 9.53 Å². The molecule has 1 aliphatic rings. The summed E-state index contributed by atoms with van der Waals surface area (Å²) in [4.78, 5) is 14.1. The number of nitrogens with one attached hydrogen (secondary N) is 1. The van der Waals surface area contributed by atoms with Gasteiger partial charge in [0.05, 0.1) is 6.61 Å². The summed E-state index contributed by atoms with van der Waals surface area (Å²) in [5.74, 6) is 1.39. The molecule has 1 N–H and O–H groups in total. The molecule has 1 saturated heterocycles. The number of amides is 2. The Bertz CT molecular complexity index is 767. The van der Waals surface area contributed by atoms with Crippen LogP contribution in [0.3, 0.4) is 0 Å². The van der Waals surface area contributed by atoms with E-state index < -0.39 is 0 Å². The predicted octanol–water partition coefficient (Wildman–Crippen LogP) is 4.37. The topological polar surface area (TPSA) is 67.3 Å². The molecule has 1 aromatic carbocycles. The third-order valence-corrected chi connectivity index (χ3v) is 4.50.